The zero-order valence-corrected chi connectivity index (χ0v) is 10.4. The van der Waals surface area contributed by atoms with E-state index in [-0.39, 0.29) is 16.0 Å². The lowest BCUT2D eigenvalue weighted by molar-refractivity contribution is -0.0564. The van der Waals surface area contributed by atoms with E-state index in [1.54, 1.807) is 0 Å². The first-order valence-corrected chi connectivity index (χ1v) is 6.47. The minimum atomic E-state index is -5.87. The standard InChI is InChI=1S/C10H6F3NO5S/c11-10(12,13)20(17,18)19-5-14-8(15)6-3-1-2-4-7(6)9(14)16/h1-4H,5H2. The highest BCUT2D eigenvalue weighted by molar-refractivity contribution is 7.87. The van der Waals surface area contributed by atoms with Gasteiger partial charge in [-0.2, -0.15) is 21.6 Å². The Morgan fingerprint density at radius 3 is 1.90 bits per heavy atom. The molecule has 1 aromatic carbocycles. The van der Waals surface area contributed by atoms with Crippen LogP contribution in [0.15, 0.2) is 24.3 Å². The van der Waals surface area contributed by atoms with Crippen LogP contribution in [0.4, 0.5) is 13.2 Å². The second kappa shape index (κ2) is 4.56. The average Bonchev–Trinajstić information content (AvgIpc) is 2.59. The predicted molar refractivity (Wildman–Crippen MR) is 57.9 cm³/mol. The summed E-state index contributed by atoms with van der Waals surface area (Å²) in [6, 6.07) is 5.52. The molecule has 0 atom stereocenters. The van der Waals surface area contributed by atoms with Crippen molar-refractivity contribution in [3.8, 4) is 0 Å². The van der Waals surface area contributed by atoms with Gasteiger partial charge in [-0.3, -0.25) is 9.59 Å². The molecule has 10 heteroatoms. The fourth-order valence-corrected chi connectivity index (χ4v) is 1.92. The lowest BCUT2D eigenvalue weighted by Crippen LogP contribution is -2.36. The van der Waals surface area contributed by atoms with Gasteiger partial charge in [0, 0.05) is 0 Å². The molecular formula is C10H6F3NO5S. The van der Waals surface area contributed by atoms with E-state index in [2.05, 4.69) is 4.18 Å². The van der Waals surface area contributed by atoms with Gasteiger partial charge in [0.2, 0.25) is 0 Å². The van der Waals surface area contributed by atoms with Crippen molar-refractivity contribution in [3.63, 3.8) is 0 Å². The van der Waals surface area contributed by atoms with Crippen LogP contribution in [0.1, 0.15) is 20.7 Å². The summed E-state index contributed by atoms with van der Waals surface area (Å²) in [4.78, 5) is 23.7. The number of rotatable bonds is 3. The van der Waals surface area contributed by atoms with Crippen molar-refractivity contribution in [3.05, 3.63) is 35.4 Å². The Kier molecular flexibility index (Phi) is 3.30. The summed E-state index contributed by atoms with van der Waals surface area (Å²) in [6.07, 6.45) is 0. The van der Waals surface area contributed by atoms with Crippen LogP contribution in [0, 0.1) is 0 Å². The van der Waals surface area contributed by atoms with E-state index < -0.39 is 34.2 Å². The molecule has 0 radical (unpaired) electrons. The molecule has 1 aliphatic rings. The van der Waals surface area contributed by atoms with Crippen molar-refractivity contribution in [2.45, 2.75) is 5.51 Å². The predicted octanol–water partition coefficient (Wildman–Crippen LogP) is 1.11. The van der Waals surface area contributed by atoms with Crippen molar-refractivity contribution < 1.29 is 35.4 Å². The minimum absolute atomic E-state index is 0.0227. The van der Waals surface area contributed by atoms with Crippen molar-refractivity contribution in [2.75, 3.05) is 6.73 Å². The molecule has 0 saturated heterocycles. The van der Waals surface area contributed by atoms with Gasteiger partial charge in [-0.15, -0.1) is 0 Å². The molecule has 1 aromatic rings. The second-order valence-corrected chi connectivity index (χ2v) is 5.34. The van der Waals surface area contributed by atoms with Crippen LogP contribution >= 0.6 is 0 Å². The molecule has 20 heavy (non-hydrogen) atoms. The molecule has 0 saturated carbocycles. The SMILES string of the molecule is O=C1c2ccccc2C(=O)N1COS(=O)(=O)C(F)(F)F. The number of alkyl halides is 3. The first-order valence-electron chi connectivity index (χ1n) is 5.06. The molecule has 1 heterocycles. The van der Waals surface area contributed by atoms with Crippen LogP contribution in [-0.4, -0.2) is 37.4 Å². The lowest BCUT2D eigenvalue weighted by Gasteiger charge is -2.14. The van der Waals surface area contributed by atoms with E-state index in [1.807, 2.05) is 0 Å². The molecule has 0 unspecified atom stereocenters. The van der Waals surface area contributed by atoms with Crippen LogP contribution in [0.25, 0.3) is 0 Å². The van der Waals surface area contributed by atoms with Crippen molar-refractivity contribution in [2.24, 2.45) is 0 Å². The Balaban J connectivity index is 2.19. The van der Waals surface area contributed by atoms with Gasteiger partial charge in [0.1, 0.15) is 6.73 Å². The summed E-state index contributed by atoms with van der Waals surface area (Å²) in [7, 11) is -5.87. The van der Waals surface area contributed by atoms with Crippen LogP contribution < -0.4 is 0 Å². The summed E-state index contributed by atoms with van der Waals surface area (Å²) < 4.78 is 61.3. The topological polar surface area (TPSA) is 80.8 Å². The molecule has 0 N–H and O–H groups in total. The Labute approximate surface area is 110 Å². The number of hydrogen-bond acceptors (Lipinski definition) is 5. The molecule has 1 aliphatic heterocycles. The number of carbonyl (C=O) groups is 2. The summed E-state index contributed by atoms with van der Waals surface area (Å²) in [5.74, 6) is -1.83. The van der Waals surface area contributed by atoms with E-state index >= 15 is 0 Å². The Bertz CT molecular complexity index is 647. The average molecular weight is 309 g/mol. The first kappa shape index (κ1) is 14.5. The summed E-state index contributed by atoms with van der Waals surface area (Å²) in [5, 5.41) is 0. The fraction of sp³-hybridized carbons (Fsp3) is 0.200. The monoisotopic (exact) mass is 309 g/mol. The van der Waals surface area contributed by atoms with Gasteiger partial charge in [-0.1, -0.05) is 12.1 Å². The minimum Gasteiger partial charge on any atom is -0.268 e. The Morgan fingerprint density at radius 1 is 1.05 bits per heavy atom. The lowest BCUT2D eigenvalue weighted by atomic mass is 10.1. The van der Waals surface area contributed by atoms with Gasteiger partial charge in [-0.05, 0) is 12.1 Å². The summed E-state index contributed by atoms with van der Waals surface area (Å²) in [5.41, 5.74) is -5.66. The first-order chi connectivity index (χ1) is 9.15. The summed E-state index contributed by atoms with van der Waals surface area (Å²) >= 11 is 0. The number of nitrogens with zero attached hydrogens (tertiary/aromatic N) is 1. The second-order valence-electron chi connectivity index (χ2n) is 3.73. The molecule has 108 valence electrons. The van der Waals surface area contributed by atoms with Gasteiger partial charge >= 0.3 is 15.6 Å². The van der Waals surface area contributed by atoms with Crippen molar-refractivity contribution in [1.82, 2.24) is 4.90 Å². The van der Waals surface area contributed by atoms with Gasteiger partial charge < -0.3 is 0 Å². The summed E-state index contributed by atoms with van der Waals surface area (Å²) in [6.45, 7) is -1.33. The number of imide groups is 1. The van der Waals surface area contributed by atoms with Crippen LogP contribution in [-0.2, 0) is 14.3 Å². The molecule has 0 bridgehead atoms. The van der Waals surface area contributed by atoms with Crippen molar-refractivity contribution >= 4 is 21.9 Å². The number of amides is 2. The molecule has 0 spiro atoms. The van der Waals surface area contributed by atoms with E-state index in [4.69, 9.17) is 0 Å². The smallest absolute Gasteiger partial charge is 0.268 e. The highest BCUT2D eigenvalue weighted by Gasteiger charge is 2.48. The van der Waals surface area contributed by atoms with Crippen LogP contribution in [0.2, 0.25) is 0 Å². The van der Waals surface area contributed by atoms with Gasteiger partial charge in [0.15, 0.2) is 0 Å². The molecule has 0 aliphatic carbocycles. The number of benzene rings is 1. The molecule has 2 amide bonds. The van der Waals surface area contributed by atoms with Gasteiger partial charge in [-0.25, -0.2) is 9.08 Å². The zero-order valence-electron chi connectivity index (χ0n) is 9.55. The van der Waals surface area contributed by atoms with E-state index in [1.165, 1.54) is 24.3 Å². The maximum atomic E-state index is 12.1. The fourth-order valence-electron chi connectivity index (χ4n) is 1.55. The van der Waals surface area contributed by atoms with Gasteiger partial charge in [0.05, 0.1) is 11.1 Å². The molecule has 0 aromatic heterocycles. The third-order valence-electron chi connectivity index (χ3n) is 2.50. The molecule has 6 nitrogen and oxygen atoms in total. The number of carbonyl (C=O) groups excluding carboxylic acids is 2. The number of hydrogen-bond donors (Lipinski definition) is 0. The third-order valence-corrected chi connectivity index (χ3v) is 3.48. The van der Waals surface area contributed by atoms with Crippen LogP contribution in [0.5, 0.6) is 0 Å². The van der Waals surface area contributed by atoms with E-state index in [0.717, 1.165) is 0 Å². The normalized spacial score (nSPS) is 15.7. The maximum Gasteiger partial charge on any atom is 0.523 e. The molecular weight excluding hydrogens is 303 g/mol. The zero-order chi connectivity index (χ0) is 15.1. The Hall–Kier alpha value is -1.94. The highest BCUT2D eigenvalue weighted by Crippen LogP contribution is 2.27. The van der Waals surface area contributed by atoms with Crippen LogP contribution in [0.3, 0.4) is 0 Å². The quantitative estimate of drug-likeness (QED) is 0.474. The largest absolute Gasteiger partial charge is 0.523 e. The van der Waals surface area contributed by atoms with E-state index in [0.29, 0.717) is 0 Å². The molecule has 0 fully saturated rings. The number of halogens is 3. The maximum absolute atomic E-state index is 12.1. The third kappa shape index (κ3) is 2.27. The molecule has 2 rings (SSSR count). The Morgan fingerprint density at radius 2 is 1.50 bits per heavy atom. The van der Waals surface area contributed by atoms with E-state index in [9.17, 15) is 31.2 Å². The van der Waals surface area contributed by atoms with Gasteiger partial charge in [0.25, 0.3) is 11.8 Å². The highest BCUT2D eigenvalue weighted by atomic mass is 32.2. The van der Waals surface area contributed by atoms with Crippen molar-refractivity contribution in [1.29, 1.82) is 0 Å². The number of fused-ring (bicyclic) bond motifs is 1.